The molecule has 0 unspecified atom stereocenters. The fraction of sp³-hybridized carbons (Fsp3) is 0.913. The molecule has 3 N–H and O–H groups in total. The van der Waals surface area contributed by atoms with Gasteiger partial charge in [-0.1, -0.05) is 76.9 Å². The predicted octanol–water partition coefficient (Wildman–Crippen LogP) is 4.13. The summed E-state index contributed by atoms with van der Waals surface area (Å²) in [6, 6.07) is 0. The van der Waals surface area contributed by atoms with Crippen molar-refractivity contribution < 1.29 is 24.8 Å². The molecule has 0 aliphatic carbocycles. The maximum absolute atomic E-state index is 9.82. The van der Waals surface area contributed by atoms with Crippen molar-refractivity contribution in [1.29, 1.82) is 0 Å². The van der Waals surface area contributed by atoms with Gasteiger partial charge < -0.3 is 24.8 Å². The van der Waals surface area contributed by atoms with Gasteiger partial charge in [-0.05, 0) is 25.7 Å². The van der Waals surface area contributed by atoms with E-state index in [1.165, 1.54) is 64.2 Å². The highest BCUT2D eigenvalue weighted by Gasteiger charge is 2.40. The summed E-state index contributed by atoms with van der Waals surface area (Å²) in [5.41, 5.74) is 0. The third-order valence-corrected chi connectivity index (χ3v) is 5.47. The molecule has 0 spiro atoms. The van der Waals surface area contributed by atoms with Crippen molar-refractivity contribution in [2.24, 2.45) is 0 Å². The normalized spacial score (nSPS) is 23.6. The first-order chi connectivity index (χ1) is 13.7. The molecule has 1 aliphatic heterocycles. The van der Waals surface area contributed by atoms with Crippen LogP contribution in [0.25, 0.3) is 0 Å². The van der Waals surface area contributed by atoms with E-state index in [-0.39, 0.29) is 13.2 Å². The van der Waals surface area contributed by atoms with Crippen molar-refractivity contribution in [2.75, 3.05) is 19.8 Å². The fourth-order valence-corrected chi connectivity index (χ4v) is 3.63. The van der Waals surface area contributed by atoms with Gasteiger partial charge >= 0.3 is 0 Å². The summed E-state index contributed by atoms with van der Waals surface area (Å²) >= 11 is 0. The van der Waals surface area contributed by atoms with Crippen molar-refractivity contribution in [2.45, 2.75) is 115 Å². The summed E-state index contributed by atoms with van der Waals surface area (Å²) in [7, 11) is 0. The molecular formula is C23H44O5. The lowest BCUT2D eigenvalue weighted by Gasteiger charge is -2.24. The molecule has 1 rings (SSSR count). The topological polar surface area (TPSA) is 79.2 Å². The van der Waals surface area contributed by atoms with Crippen LogP contribution in [0.15, 0.2) is 12.2 Å². The van der Waals surface area contributed by atoms with E-state index in [0.29, 0.717) is 6.61 Å². The van der Waals surface area contributed by atoms with Gasteiger partial charge in [0, 0.05) is 6.61 Å². The SMILES string of the molecule is CCCCCCCCCCCC/C=C/CCCO[C@H](CO)[C@@H]1OC[C@H](O)[C@@H]1O. The standard InChI is InChI=1S/C23H44O5/c1-2-3-4-5-6-7-8-9-10-11-12-13-14-15-16-17-27-21(18-24)23-22(26)20(25)19-28-23/h13-14,20-26H,2-12,15-19H2,1H3/b14-13+/t20-,21+,22-,23-/m0/s1. The Morgan fingerprint density at radius 3 is 2.00 bits per heavy atom. The third-order valence-electron chi connectivity index (χ3n) is 5.47. The number of allylic oxidation sites excluding steroid dienone is 2. The van der Waals surface area contributed by atoms with Crippen molar-refractivity contribution in [1.82, 2.24) is 0 Å². The zero-order valence-electron chi connectivity index (χ0n) is 17.9. The van der Waals surface area contributed by atoms with Gasteiger partial charge in [-0.3, -0.25) is 0 Å². The molecule has 5 nitrogen and oxygen atoms in total. The number of ether oxygens (including phenoxy) is 2. The van der Waals surface area contributed by atoms with Gasteiger partial charge in [-0.15, -0.1) is 0 Å². The van der Waals surface area contributed by atoms with Crippen molar-refractivity contribution in [3.63, 3.8) is 0 Å². The Balaban J connectivity index is 1.89. The molecule has 1 heterocycles. The summed E-state index contributed by atoms with van der Waals surface area (Å²) in [6.45, 7) is 2.65. The first-order valence-corrected chi connectivity index (χ1v) is 11.6. The molecule has 1 fully saturated rings. The van der Waals surface area contributed by atoms with Crippen LogP contribution in [0.3, 0.4) is 0 Å². The highest BCUT2D eigenvalue weighted by atomic mass is 16.6. The van der Waals surface area contributed by atoms with Gasteiger partial charge in [0.1, 0.15) is 24.4 Å². The molecule has 166 valence electrons. The molecule has 0 amide bonds. The van der Waals surface area contributed by atoms with E-state index in [1.807, 2.05) is 0 Å². The van der Waals surface area contributed by atoms with Crippen molar-refractivity contribution >= 4 is 0 Å². The maximum Gasteiger partial charge on any atom is 0.114 e. The third kappa shape index (κ3) is 11.5. The van der Waals surface area contributed by atoms with Crippen molar-refractivity contribution in [3.8, 4) is 0 Å². The Hall–Kier alpha value is -0.460. The highest BCUT2D eigenvalue weighted by Crippen LogP contribution is 2.19. The predicted molar refractivity (Wildman–Crippen MR) is 113 cm³/mol. The van der Waals surface area contributed by atoms with Crippen LogP contribution in [0.1, 0.15) is 90.4 Å². The zero-order valence-corrected chi connectivity index (χ0v) is 17.9. The minimum absolute atomic E-state index is 0.0907. The van der Waals surface area contributed by atoms with Gasteiger partial charge in [0.05, 0.1) is 13.2 Å². The van der Waals surface area contributed by atoms with Crippen LogP contribution in [0.2, 0.25) is 0 Å². The number of hydrogen-bond acceptors (Lipinski definition) is 5. The summed E-state index contributed by atoms with van der Waals surface area (Å²) in [4.78, 5) is 0. The zero-order chi connectivity index (χ0) is 20.5. The number of hydrogen-bond donors (Lipinski definition) is 3. The number of rotatable bonds is 18. The average molecular weight is 401 g/mol. The lowest BCUT2D eigenvalue weighted by Crippen LogP contribution is -2.42. The molecule has 0 aromatic rings. The van der Waals surface area contributed by atoms with Crippen LogP contribution < -0.4 is 0 Å². The summed E-state index contributed by atoms with van der Waals surface area (Å²) in [5, 5.41) is 28.7. The molecule has 28 heavy (non-hydrogen) atoms. The Labute approximate surface area is 172 Å². The van der Waals surface area contributed by atoms with Gasteiger partial charge in [0.25, 0.3) is 0 Å². The molecule has 0 aromatic heterocycles. The van der Waals surface area contributed by atoms with Gasteiger partial charge in [-0.25, -0.2) is 0 Å². The first kappa shape index (κ1) is 25.6. The van der Waals surface area contributed by atoms with Crippen LogP contribution >= 0.6 is 0 Å². The number of aliphatic hydroxyl groups is 3. The Morgan fingerprint density at radius 1 is 0.893 bits per heavy atom. The monoisotopic (exact) mass is 400 g/mol. The van der Waals surface area contributed by atoms with Gasteiger partial charge in [0.15, 0.2) is 0 Å². The van der Waals surface area contributed by atoms with Gasteiger partial charge in [-0.2, -0.15) is 0 Å². The molecule has 0 radical (unpaired) electrons. The number of unbranched alkanes of at least 4 members (excludes halogenated alkanes) is 11. The van der Waals surface area contributed by atoms with E-state index in [9.17, 15) is 15.3 Å². The molecular weight excluding hydrogens is 356 g/mol. The molecule has 5 heteroatoms. The lowest BCUT2D eigenvalue weighted by atomic mass is 10.1. The smallest absolute Gasteiger partial charge is 0.114 e. The molecule has 0 aromatic carbocycles. The highest BCUT2D eigenvalue weighted by molar-refractivity contribution is 4.88. The second-order valence-corrected chi connectivity index (χ2v) is 8.03. The van der Waals surface area contributed by atoms with Crippen molar-refractivity contribution in [3.05, 3.63) is 12.2 Å². The van der Waals surface area contributed by atoms with Crippen LogP contribution in [-0.2, 0) is 9.47 Å². The summed E-state index contributed by atoms with van der Waals surface area (Å²) in [6.07, 6.45) is 18.0. The van der Waals surface area contributed by atoms with E-state index in [2.05, 4.69) is 19.1 Å². The Morgan fingerprint density at radius 2 is 1.46 bits per heavy atom. The van der Waals surface area contributed by atoms with Crippen LogP contribution in [-0.4, -0.2) is 59.6 Å². The summed E-state index contributed by atoms with van der Waals surface area (Å²) < 4.78 is 10.9. The molecule has 1 aliphatic rings. The molecule has 1 saturated heterocycles. The quantitative estimate of drug-likeness (QED) is 0.238. The van der Waals surface area contributed by atoms with Gasteiger partial charge in [0.2, 0.25) is 0 Å². The Bertz CT molecular complexity index is 374. The van der Waals surface area contributed by atoms with Crippen LogP contribution in [0.4, 0.5) is 0 Å². The second kappa shape index (κ2) is 17.4. The molecule has 0 bridgehead atoms. The summed E-state index contributed by atoms with van der Waals surface area (Å²) in [5.74, 6) is 0. The number of aliphatic hydroxyl groups excluding tert-OH is 3. The average Bonchev–Trinajstić information content (AvgIpc) is 3.03. The molecule has 4 atom stereocenters. The van der Waals surface area contributed by atoms with E-state index in [0.717, 1.165) is 19.3 Å². The van der Waals surface area contributed by atoms with E-state index < -0.39 is 24.4 Å². The fourth-order valence-electron chi connectivity index (χ4n) is 3.63. The van der Waals surface area contributed by atoms with E-state index in [4.69, 9.17) is 9.47 Å². The maximum atomic E-state index is 9.82. The minimum atomic E-state index is -0.988. The first-order valence-electron chi connectivity index (χ1n) is 11.6. The lowest BCUT2D eigenvalue weighted by molar-refractivity contribution is -0.101. The molecule has 0 saturated carbocycles. The Kier molecular flexibility index (Phi) is 15.9. The van der Waals surface area contributed by atoms with Crippen LogP contribution in [0, 0.1) is 0 Å². The van der Waals surface area contributed by atoms with E-state index >= 15 is 0 Å². The minimum Gasteiger partial charge on any atom is -0.394 e. The van der Waals surface area contributed by atoms with E-state index in [1.54, 1.807) is 0 Å². The second-order valence-electron chi connectivity index (χ2n) is 8.03. The largest absolute Gasteiger partial charge is 0.394 e. The van der Waals surface area contributed by atoms with Crippen LogP contribution in [0.5, 0.6) is 0 Å².